The van der Waals surface area contributed by atoms with Crippen molar-refractivity contribution in [1.82, 2.24) is 19.8 Å². The molecule has 7 nitrogen and oxygen atoms in total. The zero-order valence-corrected chi connectivity index (χ0v) is 17.1. The van der Waals surface area contributed by atoms with Crippen LogP contribution in [0, 0.1) is 6.92 Å². The van der Waals surface area contributed by atoms with Crippen molar-refractivity contribution in [2.45, 2.75) is 46.7 Å². The number of hydrogen-bond acceptors (Lipinski definition) is 7. The van der Waals surface area contributed by atoms with Gasteiger partial charge in [-0.2, -0.15) is 4.98 Å². The van der Waals surface area contributed by atoms with Gasteiger partial charge in [-0.15, -0.1) is 0 Å². The number of aryl methyl sites for hydroxylation is 1. The molecule has 1 aliphatic heterocycles. The summed E-state index contributed by atoms with van der Waals surface area (Å²) in [6.07, 6.45) is 0. The first-order chi connectivity index (χ1) is 12.5. The molecule has 0 unspecified atom stereocenters. The van der Waals surface area contributed by atoms with Crippen molar-refractivity contribution >= 4 is 11.8 Å². The summed E-state index contributed by atoms with van der Waals surface area (Å²) in [5, 5.41) is 6.80. The van der Waals surface area contributed by atoms with Gasteiger partial charge >= 0.3 is 0 Å². The number of morpholine rings is 1. The lowest BCUT2D eigenvalue weighted by molar-refractivity contribution is 0.0398. The number of rotatable bonds is 10. The van der Waals surface area contributed by atoms with E-state index in [2.05, 4.69) is 58.1 Å². The minimum atomic E-state index is 0.543. The molecule has 148 valence electrons. The van der Waals surface area contributed by atoms with Gasteiger partial charge in [0.2, 0.25) is 5.95 Å². The topological polar surface area (TPSA) is 65.5 Å². The molecule has 0 amide bonds. The van der Waals surface area contributed by atoms with Gasteiger partial charge in [0, 0.05) is 63.1 Å². The van der Waals surface area contributed by atoms with Gasteiger partial charge in [0.05, 0.1) is 13.2 Å². The Bertz CT molecular complexity index is 523. The fraction of sp³-hybridized carbons (Fsp3) is 0.789. The fourth-order valence-electron chi connectivity index (χ4n) is 3.31. The third-order valence-corrected chi connectivity index (χ3v) is 4.67. The van der Waals surface area contributed by atoms with E-state index in [1.165, 1.54) is 0 Å². The van der Waals surface area contributed by atoms with E-state index < -0.39 is 0 Å². The molecule has 2 heterocycles. The van der Waals surface area contributed by atoms with Crippen LogP contribution in [-0.2, 0) is 4.74 Å². The SMILES string of the molecule is Cc1cc(NCCN(C(C)C)C(C)C)nc(NCCN2CCOCC2)n1. The molecule has 0 spiro atoms. The van der Waals surface area contributed by atoms with Crippen molar-refractivity contribution < 1.29 is 4.74 Å². The Morgan fingerprint density at radius 2 is 1.77 bits per heavy atom. The van der Waals surface area contributed by atoms with Crippen LogP contribution < -0.4 is 10.6 Å². The lowest BCUT2D eigenvalue weighted by atomic mass is 10.2. The fourth-order valence-corrected chi connectivity index (χ4v) is 3.31. The van der Waals surface area contributed by atoms with Crippen LogP contribution in [0.15, 0.2) is 6.07 Å². The lowest BCUT2D eigenvalue weighted by Gasteiger charge is -2.30. The van der Waals surface area contributed by atoms with E-state index in [1.807, 2.05) is 13.0 Å². The molecule has 1 aromatic heterocycles. The first-order valence-corrected chi connectivity index (χ1v) is 9.85. The summed E-state index contributed by atoms with van der Waals surface area (Å²) in [6.45, 7) is 18.4. The van der Waals surface area contributed by atoms with Crippen LogP contribution in [0.4, 0.5) is 11.8 Å². The standard InChI is InChI=1S/C19H36N6O/c1-15(2)25(16(3)4)9-7-20-18-14-17(5)22-19(23-18)21-6-8-24-10-12-26-13-11-24/h14-16H,6-13H2,1-5H3,(H2,20,21,22,23). The van der Waals surface area contributed by atoms with E-state index >= 15 is 0 Å². The first kappa shape index (κ1) is 20.9. The molecule has 0 atom stereocenters. The monoisotopic (exact) mass is 364 g/mol. The summed E-state index contributed by atoms with van der Waals surface area (Å²) < 4.78 is 5.38. The highest BCUT2D eigenvalue weighted by atomic mass is 16.5. The minimum absolute atomic E-state index is 0.543. The highest BCUT2D eigenvalue weighted by Crippen LogP contribution is 2.10. The Kier molecular flexibility index (Phi) is 8.54. The molecule has 2 rings (SSSR count). The quantitative estimate of drug-likeness (QED) is 0.659. The number of nitrogens with zero attached hydrogens (tertiary/aromatic N) is 4. The van der Waals surface area contributed by atoms with Crippen LogP contribution in [0.2, 0.25) is 0 Å². The van der Waals surface area contributed by atoms with Gasteiger partial charge in [-0.05, 0) is 34.6 Å². The van der Waals surface area contributed by atoms with Crippen LogP contribution >= 0.6 is 0 Å². The Morgan fingerprint density at radius 3 is 2.42 bits per heavy atom. The van der Waals surface area contributed by atoms with Crippen LogP contribution in [0.5, 0.6) is 0 Å². The second kappa shape index (κ2) is 10.6. The third-order valence-electron chi connectivity index (χ3n) is 4.67. The average molecular weight is 365 g/mol. The Hall–Kier alpha value is -1.44. The van der Waals surface area contributed by atoms with E-state index in [1.54, 1.807) is 0 Å². The molecular weight excluding hydrogens is 328 g/mol. The maximum atomic E-state index is 5.38. The summed E-state index contributed by atoms with van der Waals surface area (Å²) in [5.74, 6) is 1.59. The largest absolute Gasteiger partial charge is 0.379 e. The van der Waals surface area contributed by atoms with Gasteiger partial charge in [-0.3, -0.25) is 9.80 Å². The van der Waals surface area contributed by atoms with E-state index in [4.69, 9.17) is 4.74 Å². The highest BCUT2D eigenvalue weighted by molar-refractivity contribution is 5.42. The molecule has 7 heteroatoms. The van der Waals surface area contributed by atoms with E-state index in [9.17, 15) is 0 Å². The van der Waals surface area contributed by atoms with Crippen LogP contribution in [0.25, 0.3) is 0 Å². The van der Waals surface area contributed by atoms with Crippen molar-refractivity contribution in [2.75, 3.05) is 63.1 Å². The molecular formula is C19H36N6O. The van der Waals surface area contributed by atoms with E-state index in [0.29, 0.717) is 18.0 Å². The minimum Gasteiger partial charge on any atom is -0.379 e. The molecule has 0 bridgehead atoms. The molecule has 0 aliphatic carbocycles. The lowest BCUT2D eigenvalue weighted by Crippen LogP contribution is -2.40. The molecule has 1 aromatic rings. The Morgan fingerprint density at radius 1 is 1.08 bits per heavy atom. The summed E-state index contributed by atoms with van der Waals surface area (Å²) in [5.41, 5.74) is 0.973. The van der Waals surface area contributed by atoms with Crippen LogP contribution in [0.1, 0.15) is 33.4 Å². The van der Waals surface area contributed by atoms with Crippen molar-refractivity contribution in [2.24, 2.45) is 0 Å². The van der Waals surface area contributed by atoms with Gasteiger partial charge < -0.3 is 15.4 Å². The maximum Gasteiger partial charge on any atom is 0.224 e. The highest BCUT2D eigenvalue weighted by Gasteiger charge is 2.13. The summed E-state index contributed by atoms with van der Waals surface area (Å²) >= 11 is 0. The first-order valence-electron chi connectivity index (χ1n) is 9.85. The number of nitrogens with one attached hydrogen (secondary N) is 2. The van der Waals surface area contributed by atoms with Crippen molar-refractivity contribution in [3.8, 4) is 0 Å². The van der Waals surface area contributed by atoms with Gasteiger partial charge in [0.1, 0.15) is 5.82 Å². The van der Waals surface area contributed by atoms with E-state index in [0.717, 1.165) is 64.0 Å². The predicted molar refractivity (Wildman–Crippen MR) is 108 cm³/mol. The maximum absolute atomic E-state index is 5.38. The summed E-state index contributed by atoms with van der Waals surface area (Å²) in [4.78, 5) is 14.0. The molecule has 0 saturated carbocycles. The third kappa shape index (κ3) is 7.05. The molecule has 26 heavy (non-hydrogen) atoms. The van der Waals surface area contributed by atoms with Crippen molar-refractivity contribution in [1.29, 1.82) is 0 Å². The number of anilines is 2. The van der Waals surface area contributed by atoms with Gasteiger partial charge in [0.15, 0.2) is 0 Å². The normalized spacial score (nSPS) is 15.8. The summed E-state index contributed by atoms with van der Waals surface area (Å²) in [7, 11) is 0. The zero-order valence-electron chi connectivity index (χ0n) is 17.1. The predicted octanol–water partition coefficient (Wildman–Crippen LogP) is 2.06. The number of aromatic nitrogens is 2. The molecule has 2 N–H and O–H groups in total. The molecule has 1 fully saturated rings. The average Bonchev–Trinajstić information content (AvgIpc) is 2.58. The van der Waals surface area contributed by atoms with Gasteiger partial charge in [0.25, 0.3) is 0 Å². The second-order valence-electron chi connectivity index (χ2n) is 7.45. The Labute approximate surface area is 158 Å². The molecule has 0 radical (unpaired) electrons. The summed E-state index contributed by atoms with van der Waals surface area (Å²) in [6, 6.07) is 3.09. The van der Waals surface area contributed by atoms with Crippen LogP contribution in [0.3, 0.4) is 0 Å². The molecule has 1 saturated heterocycles. The van der Waals surface area contributed by atoms with Crippen LogP contribution in [-0.4, -0.2) is 84.3 Å². The van der Waals surface area contributed by atoms with Gasteiger partial charge in [-0.1, -0.05) is 0 Å². The van der Waals surface area contributed by atoms with E-state index in [-0.39, 0.29) is 0 Å². The zero-order chi connectivity index (χ0) is 18.9. The molecule has 0 aromatic carbocycles. The number of ether oxygens (including phenoxy) is 1. The van der Waals surface area contributed by atoms with Crippen molar-refractivity contribution in [3.63, 3.8) is 0 Å². The van der Waals surface area contributed by atoms with Crippen molar-refractivity contribution in [3.05, 3.63) is 11.8 Å². The smallest absolute Gasteiger partial charge is 0.224 e. The second-order valence-corrected chi connectivity index (χ2v) is 7.45. The van der Waals surface area contributed by atoms with Gasteiger partial charge in [-0.25, -0.2) is 4.98 Å². The Balaban J connectivity index is 1.80. The number of hydrogen-bond donors (Lipinski definition) is 2. The molecule has 1 aliphatic rings.